The third kappa shape index (κ3) is 5.01. The summed E-state index contributed by atoms with van der Waals surface area (Å²) < 4.78 is 7.86. The molecular formula is C22H27N3O2S. The van der Waals surface area contributed by atoms with Gasteiger partial charge in [-0.15, -0.1) is 11.3 Å². The Morgan fingerprint density at radius 2 is 2.00 bits per heavy atom. The fourth-order valence-corrected chi connectivity index (χ4v) is 3.85. The zero-order valence-corrected chi connectivity index (χ0v) is 17.9. The SMILES string of the molecule is Cc1ccc(C)c(OCc2csc(C(=O)NC(C)Cn3nc(C)cc3C)c2)c1. The maximum absolute atomic E-state index is 12.6. The lowest BCUT2D eigenvalue weighted by Crippen LogP contribution is -2.35. The van der Waals surface area contributed by atoms with E-state index in [1.807, 2.05) is 62.9 Å². The van der Waals surface area contributed by atoms with Gasteiger partial charge in [0, 0.05) is 17.3 Å². The van der Waals surface area contributed by atoms with Gasteiger partial charge in [-0.05, 0) is 69.3 Å². The molecule has 28 heavy (non-hydrogen) atoms. The normalized spacial score (nSPS) is 12.0. The van der Waals surface area contributed by atoms with Gasteiger partial charge in [-0.2, -0.15) is 5.10 Å². The van der Waals surface area contributed by atoms with E-state index in [2.05, 4.69) is 22.5 Å². The maximum atomic E-state index is 12.6. The quantitative estimate of drug-likeness (QED) is 0.635. The molecule has 2 aromatic heterocycles. The number of ether oxygens (including phenoxy) is 1. The average molecular weight is 398 g/mol. The second kappa shape index (κ2) is 8.61. The average Bonchev–Trinajstić information content (AvgIpc) is 3.22. The second-order valence-corrected chi connectivity index (χ2v) is 8.27. The monoisotopic (exact) mass is 397 g/mol. The van der Waals surface area contributed by atoms with Crippen molar-refractivity contribution in [1.82, 2.24) is 15.1 Å². The van der Waals surface area contributed by atoms with E-state index in [1.54, 1.807) is 0 Å². The predicted octanol–water partition coefficient (Wildman–Crippen LogP) is 4.58. The summed E-state index contributed by atoms with van der Waals surface area (Å²) in [6.07, 6.45) is 0. The molecule has 0 fully saturated rings. The number of hydrogen-bond acceptors (Lipinski definition) is 4. The zero-order chi connectivity index (χ0) is 20.3. The Balaban J connectivity index is 1.56. The van der Waals surface area contributed by atoms with Gasteiger partial charge < -0.3 is 10.1 Å². The standard InChI is InChI=1S/C22H27N3O2S/c1-14-6-7-15(2)20(8-14)27-12-19-10-21(28-13-19)22(26)23-17(4)11-25-18(5)9-16(3)24-25/h6-10,13,17H,11-12H2,1-5H3,(H,23,26). The Kier molecular flexibility index (Phi) is 6.19. The smallest absolute Gasteiger partial charge is 0.261 e. The van der Waals surface area contributed by atoms with Gasteiger partial charge in [-0.1, -0.05) is 12.1 Å². The van der Waals surface area contributed by atoms with Gasteiger partial charge >= 0.3 is 0 Å². The molecule has 148 valence electrons. The van der Waals surface area contributed by atoms with E-state index >= 15 is 0 Å². The van der Waals surface area contributed by atoms with Crippen LogP contribution in [0, 0.1) is 27.7 Å². The van der Waals surface area contributed by atoms with E-state index < -0.39 is 0 Å². The van der Waals surface area contributed by atoms with Gasteiger partial charge in [0.1, 0.15) is 12.4 Å². The maximum Gasteiger partial charge on any atom is 0.261 e. The number of carbonyl (C=O) groups is 1. The van der Waals surface area contributed by atoms with Crippen molar-refractivity contribution in [2.24, 2.45) is 0 Å². The molecule has 1 N–H and O–H groups in total. The van der Waals surface area contributed by atoms with Crippen LogP contribution >= 0.6 is 11.3 Å². The number of amides is 1. The van der Waals surface area contributed by atoms with E-state index in [4.69, 9.17) is 4.74 Å². The Morgan fingerprint density at radius 1 is 1.21 bits per heavy atom. The number of benzene rings is 1. The molecule has 0 bridgehead atoms. The summed E-state index contributed by atoms with van der Waals surface area (Å²) in [4.78, 5) is 13.2. The van der Waals surface area contributed by atoms with Crippen molar-refractivity contribution in [3.63, 3.8) is 0 Å². The Labute approximate surface area is 170 Å². The highest BCUT2D eigenvalue weighted by molar-refractivity contribution is 7.12. The van der Waals surface area contributed by atoms with E-state index in [1.165, 1.54) is 16.9 Å². The van der Waals surface area contributed by atoms with Crippen molar-refractivity contribution in [3.05, 3.63) is 68.7 Å². The highest BCUT2D eigenvalue weighted by Crippen LogP contribution is 2.22. The lowest BCUT2D eigenvalue weighted by atomic mass is 10.1. The molecule has 1 amide bonds. The van der Waals surface area contributed by atoms with Gasteiger partial charge in [-0.25, -0.2) is 0 Å². The van der Waals surface area contributed by atoms with Crippen molar-refractivity contribution < 1.29 is 9.53 Å². The lowest BCUT2D eigenvalue weighted by Gasteiger charge is -2.14. The highest BCUT2D eigenvalue weighted by Gasteiger charge is 2.14. The number of rotatable bonds is 7. The summed E-state index contributed by atoms with van der Waals surface area (Å²) in [5.41, 5.74) is 5.37. The first-order valence-electron chi connectivity index (χ1n) is 9.41. The van der Waals surface area contributed by atoms with Crippen LogP contribution < -0.4 is 10.1 Å². The first-order valence-corrected chi connectivity index (χ1v) is 10.3. The van der Waals surface area contributed by atoms with Gasteiger partial charge in [0.05, 0.1) is 17.1 Å². The van der Waals surface area contributed by atoms with Crippen molar-refractivity contribution in [2.45, 2.75) is 53.8 Å². The molecule has 2 heterocycles. The number of hydrogen-bond donors (Lipinski definition) is 1. The molecule has 3 rings (SSSR count). The summed E-state index contributed by atoms with van der Waals surface area (Å²) in [6.45, 7) is 11.2. The minimum Gasteiger partial charge on any atom is -0.489 e. The highest BCUT2D eigenvalue weighted by atomic mass is 32.1. The predicted molar refractivity (Wildman–Crippen MR) is 113 cm³/mol. The van der Waals surface area contributed by atoms with E-state index in [0.717, 1.165) is 28.3 Å². The van der Waals surface area contributed by atoms with Crippen LogP contribution in [0.4, 0.5) is 0 Å². The molecule has 0 aliphatic carbocycles. The summed E-state index contributed by atoms with van der Waals surface area (Å²) >= 11 is 1.44. The summed E-state index contributed by atoms with van der Waals surface area (Å²) in [5.74, 6) is 0.827. The Bertz CT molecular complexity index is 974. The fraction of sp³-hybridized carbons (Fsp3) is 0.364. The number of thiophene rings is 1. The molecule has 1 aromatic carbocycles. The van der Waals surface area contributed by atoms with Crippen molar-refractivity contribution in [1.29, 1.82) is 0 Å². The molecule has 0 aliphatic rings. The van der Waals surface area contributed by atoms with Crippen molar-refractivity contribution in [3.8, 4) is 5.75 Å². The minimum atomic E-state index is -0.0583. The van der Waals surface area contributed by atoms with Crippen molar-refractivity contribution in [2.75, 3.05) is 0 Å². The zero-order valence-electron chi connectivity index (χ0n) is 17.1. The van der Waals surface area contributed by atoms with Crippen molar-refractivity contribution >= 4 is 17.2 Å². The molecule has 6 heteroatoms. The summed E-state index contributed by atoms with van der Waals surface area (Å²) in [7, 11) is 0. The van der Waals surface area contributed by atoms with Gasteiger partial charge in [-0.3, -0.25) is 9.48 Å². The van der Waals surface area contributed by atoms with Gasteiger partial charge in [0.2, 0.25) is 0 Å². The molecular weight excluding hydrogens is 370 g/mol. The van der Waals surface area contributed by atoms with Crippen LogP contribution in [0.25, 0.3) is 0 Å². The third-order valence-electron chi connectivity index (χ3n) is 4.54. The number of carbonyl (C=O) groups excluding carboxylic acids is 1. The number of nitrogens with one attached hydrogen (secondary N) is 1. The molecule has 0 saturated heterocycles. The Hall–Kier alpha value is -2.60. The van der Waals surface area contributed by atoms with Crippen LogP contribution in [-0.4, -0.2) is 21.7 Å². The topological polar surface area (TPSA) is 56.1 Å². The van der Waals surface area contributed by atoms with Crippen LogP contribution in [0.15, 0.2) is 35.7 Å². The largest absolute Gasteiger partial charge is 0.489 e. The summed E-state index contributed by atoms with van der Waals surface area (Å²) in [6, 6.07) is 10.1. The first-order chi connectivity index (χ1) is 13.3. The van der Waals surface area contributed by atoms with E-state index in [-0.39, 0.29) is 11.9 Å². The summed E-state index contributed by atoms with van der Waals surface area (Å²) in [5, 5.41) is 9.48. The second-order valence-electron chi connectivity index (χ2n) is 7.36. The number of aryl methyl sites for hydroxylation is 4. The molecule has 0 aliphatic heterocycles. The Morgan fingerprint density at radius 3 is 2.71 bits per heavy atom. The van der Waals surface area contributed by atoms with Crippen LogP contribution in [-0.2, 0) is 13.2 Å². The van der Waals surface area contributed by atoms with Crippen LogP contribution in [0.1, 0.15) is 44.7 Å². The van der Waals surface area contributed by atoms with E-state index in [0.29, 0.717) is 18.0 Å². The van der Waals surface area contributed by atoms with Crippen LogP contribution in [0.5, 0.6) is 5.75 Å². The van der Waals surface area contributed by atoms with Gasteiger partial charge in [0.25, 0.3) is 5.91 Å². The molecule has 1 atom stereocenters. The molecule has 0 saturated carbocycles. The molecule has 0 radical (unpaired) electrons. The number of nitrogens with zero attached hydrogens (tertiary/aromatic N) is 2. The molecule has 5 nitrogen and oxygen atoms in total. The number of aromatic nitrogens is 2. The molecule has 1 unspecified atom stereocenters. The lowest BCUT2D eigenvalue weighted by molar-refractivity contribution is 0.0940. The van der Waals surface area contributed by atoms with E-state index in [9.17, 15) is 4.79 Å². The molecule has 3 aromatic rings. The molecule has 0 spiro atoms. The van der Waals surface area contributed by atoms with Crippen LogP contribution in [0.3, 0.4) is 0 Å². The minimum absolute atomic E-state index is 0.0118. The fourth-order valence-electron chi connectivity index (χ4n) is 3.05. The van der Waals surface area contributed by atoms with Crippen LogP contribution in [0.2, 0.25) is 0 Å². The third-order valence-corrected chi connectivity index (χ3v) is 5.52. The van der Waals surface area contributed by atoms with Gasteiger partial charge in [0.15, 0.2) is 0 Å². The first kappa shape index (κ1) is 20.1.